The number of carboxylic acids is 3. The fourth-order valence-corrected chi connectivity index (χ4v) is 2.32. The molecule has 0 amide bonds. The van der Waals surface area contributed by atoms with Gasteiger partial charge in [0.2, 0.25) is 0 Å². The van der Waals surface area contributed by atoms with E-state index >= 15 is 0 Å². The van der Waals surface area contributed by atoms with Crippen LogP contribution in [0.25, 0.3) is 0 Å². The SMILES string of the molecule is CN=C(NC)N(C)C.CN=C(NC)N(C)C.CN=C(NC)N(C)C.O=C(O)CC(O)(CC(=O)O)C(=O)O. The van der Waals surface area contributed by atoms with Gasteiger partial charge in [0.1, 0.15) is 0 Å². The molecule has 0 aromatic rings. The summed E-state index contributed by atoms with van der Waals surface area (Å²) >= 11 is 0. The summed E-state index contributed by atoms with van der Waals surface area (Å²) in [6, 6.07) is 0. The van der Waals surface area contributed by atoms with Gasteiger partial charge >= 0.3 is 17.9 Å². The Labute approximate surface area is 219 Å². The Kier molecular flexibility index (Phi) is 24.7. The second-order valence-electron chi connectivity index (χ2n) is 7.55. The van der Waals surface area contributed by atoms with Crippen LogP contribution in [-0.4, -0.2) is 161 Å². The first-order valence-corrected chi connectivity index (χ1v) is 10.8. The van der Waals surface area contributed by atoms with E-state index in [2.05, 4.69) is 30.9 Å². The molecule has 0 fully saturated rings. The molecule has 0 heterocycles. The van der Waals surface area contributed by atoms with Gasteiger partial charge in [-0.1, -0.05) is 0 Å². The molecule has 0 saturated carbocycles. The molecule has 0 aromatic heterocycles. The maximum atomic E-state index is 10.3. The van der Waals surface area contributed by atoms with E-state index in [9.17, 15) is 14.4 Å². The van der Waals surface area contributed by atoms with Gasteiger partial charge in [0.15, 0.2) is 23.5 Å². The van der Waals surface area contributed by atoms with E-state index < -0.39 is 36.4 Å². The van der Waals surface area contributed by atoms with Crippen molar-refractivity contribution in [2.75, 3.05) is 84.6 Å². The normalized spacial score (nSPS) is 11.1. The van der Waals surface area contributed by atoms with Crippen molar-refractivity contribution in [1.82, 2.24) is 30.7 Å². The number of aliphatic imine (C=N–C) groups is 3. The highest BCUT2D eigenvalue weighted by Gasteiger charge is 2.40. The largest absolute Gasteiger partial charge is 0.481 e. The summed E-state index contributed by atoms with van der Waals surface area (Å²) in [5, 5.41) is 42.6. The van der Waals surface area contributed by atoms with Crippen LogP contribution < -0.4 is 16.0 Å². The van der Waals surface area contributed by atoms with E-state index in [0.29, 0.717) is 0 Å². The van der Waals surface area contributed by atoms with E-state index in [1.54, 1.807) is 21.1 Å². The smallest absolute Gasteiger partial charge is 0.336 e. The molecule has 0 aromatic carbocycles. The first kappa shape index (κ1) is 40.4. The second-order valence-corrected chi connectivity index (χ2v) is 7.55. The number of hydrogen-bond acceptors (Lipinski definition) is 7. The molecule has 218 valence electrons. The Hall–Kier alpha value is -3.82. The third-order valence-corrected chi connectivity index (χ3v) is 3.86. The molecule has 16 heteroatoms. The molecule has 0 atom stereocenters. The quantitative estimate of drug-likeness (QED) is 0.150. The Morgan fingerprint density at radius 1 is 0.622 bits per heavy atom. The average Bonchev–Trinajstić information content (AvgIpc) is 2.75. The van der Waals surface area contributed by atoms with E-state index in [1.807, 2.05) is 78.1 Å². The highest BCUT2D eigenvalue weighted by Crippen LogP contribution is 2.15. The number of nitrogens with zero attached hydrogens (tertiary/aromatic N) is 6. The highest BCUT2D eigenvalue weighted by atomic mass is 16.4. The fourth-order valence-electron chi connectivity index (χ4n) is 2.32. The maximum absolute atomic E-state index is 10.3. The summed E-state index contributed by atoms with van der Waals surface area (Å²) in [4.78, 5) is 48.0. The maximum Gasteiger partial charge on any atom is 0.336 e. The second kappa shape index (κ2) is 22.6. The number of carboxylic acid groups (broad SMARTS) is 3. The summed E-state index contributed by atoms with van der Waals surface area (Å²) < 4.78 is 0. The van der Waals surface area contributed by atoms with Crippen LogP contribution in [0.1, 0.15) is 12.8 Å². The molecule has 0 aliphatic heterocycles. The number of guanidine groups is 3. The number of aliphatic carboxylic acids is 3. The minimum Gasteiger partial charge on any atom is -0.481 e. The Balaban J connectivity index is -0.000000202. The van der Waals surface area contributed by atoms with Crippen molar-refractivity contribution >= 4 is 35.8 Å². The zero-order valence-corrected chi connectivity index (χ0v) is 24.1. The third-order valence-electron chi connectivity index (χ3n) is 3.86. The van der Waals surface area contributed by atoms with Crippen LogP contribution in [0.5, 0.6) is 0 Å². The van der Waals surface area contributed by atoms with Gasteiger partial charge in [-0.3, -0.25) is 24.6 Å². The van der Waals surface area contributed by atoms with Crippen LogP contribution >= 0.6 is 0 Å². The Morgan fingerprint density at radius 2 is 0.838 bits per heavy atom. The van der Waals surface area contributed by atoms with Gasteiger partial charge in [-0.2, -0.15) is 0 Å². The van der Waals surface area contributed by atoms with E-state index in [4.69, 9.17) is 20.4 Å². The molecule has 37 heavy (non-hydrogen) atoms. The molecule has 0 unspecified atom stereocenters. The van der Waals surface area contributed by atoms with Crippen LogP contribution in [-0.2, 0) is 14.4 Å². The summed E-state index contributed by atoms with van der Waals surface area (Å²) in [7, 11) is 22.5. The number of rotatable bonds is 5. The lowest BCUT2D eigenvalue weighted by molar-refractivity contribution is -0.170. The van der Waals surface area contributed by atoms with E-state index in [0.717, 1.165) is 17.9 Å². The number of hydrogen-bond donors (Lipinski definition) is 7. The summed E-state index contributed by atoms with van der Waals surface area (Å²) in [6.07, 6.45) is -2.29. The first-order chi connectivity index (χ1) is 16.9. The molecule has 0 rings (SSSR count). The number of nitrogens with one attached hydrogen (secondary N) is 3. The van der Waals surface area contributed by atoms with Gasteiger partial charge in [-0.15, -0.1) is 0 Å². The topological polar surface area (TPSA) is 215 Å². The van der Waals surface area contributed by atoms with Gasteiger partial charge in [-0.05, 0) is 0 Å². The van der Waals surface area contributed by atoms with Gasteiger partial charge < -0.3 is 51.1 Å². The number of carbonyl (C=O) groups is 3. The molecule has 0 spiro atoms. The molecule has 0 aliphatic rings. The van der Waals surface area contributed by atoms with E-state index in [1.165, 1.54) is 0 Å². The van der Waals surface area contributed by atoms with Crippen molar-refractivity contribution in [1.29, 1.82) is 0 Å². The summed E-state index contributed by atoms with van der Waals surface area (Å²) in [6.45, 7) is 0. The Morgan fingerprint density at radius 3 is 0.892 bits per heavy atom. The lowest BCUT2D eigenvalue weighted by Gasteiger charge is -2.18. The molecular formula is C21H47N9O7. The minimum absolute atomic E-state index is 0.894. The summed E-state index contributed by atoms with van der Waals surface area (Å²) in [5.74, 6) is -2.34. The summed E-state index contributed by atoms with van der Waals surface area (Å²) in [5.41, 5.74) is -2.74. The van der Waals surface area contributed by atoms with Crippen molar-refractivity contribution in [3.8, 4) is 0 Å². The molecule has 0 bridgehead atoms. The van der Waals surface area contributed by atoms with Crippen LogP contribution in [0.3, 0.4) is 0 Å². The Bertz CT molecular complexity index is 680. The molecule has 0 saturated heterocycles. The fraction of sp³-hybridized carbons (Fsp3) is 0.714. The van der Waals surface area contributed by atoms with Gasteiger partial charge in [0, 0.05) is 84.6 Å². The van der Waals surface area contributed by atoms with Gasteiger partial charge in [-0.25, -0.2) is 4.79 Å². The molecular weight excluding hydrogens is 490 g/mol. The zero-order valence-electron chi connectivity index (χ0n) is 24.1. The minimum atomic E-state index is -2.74. The highest BCUT2D eigenvalue weighted by molar-refractivity contribution is 5.88. The monoisotopic (exact) mass is 537 g/mol. The van der Waals surface area contributed by atoms with Gasteiger partial charge in [0.25, 0.3) is 0 Å². The van der Waals surface area contributed by atoms with Crippen molar-refractivity contribution in [3.05, 3.63) is 0 Å². The predicted molar refractivity (Wildman–Crippen MR) is 145 cm³/mol. The molecule has 0 radical (unpaired) electrons. The van der Waals surface area contributed by atoms with Gasteiger partial charge in [0.05, 0.1) is 12.8 Å². The predicted octanol–water partition coefficient (Wildman–Crippen LogP) is -1.99. The van der Waals surface area contributed by atoms with Crippen LogP contribution in [0.2, 0.25) is 0 Å². The van der Waals surface area contributed by atoms with E-state index in [-0.39, 0.29) is 0 Å². The first-order valence-electron chi connectivity index (χ1n) is 10.8. The lowest BCUT2D eigenvalue weighted by Crippen LogP contribution is -2.42. The average molecular weight is 538 g/mol. The van der Waals surface area contributed by atoms with Crippen molar-refractivity contribution < 1.29 is 34.8 Å². The number of aliphatic hydroxyl groups is 1. The van der Waals surface area contributed by atoms with Crippen molar-refractivity contribution in [2.24, 2.45) is 15.0 Å². The standard InChI is InChI=1S/C6H8O7.3C5H13N3/c7-3(8)1-6(13,5(11)12)2-4(9)10;3*1-6-5(7-2)8(3)4/h13H,1-2H2,(H,7,8)(H,9,10)(H,11,12);3*1-4H3,(H,6,7). The van der Waals surface area contributed by atoms with Crippen LogP contribution in [0, 0.1) is 0 Å². The lowest BCUT2D eigenvalue weighted by atomic mass is 9.96. The third kappa shape index (κ3) is 22.4. The molecule has 7 N–H and O–H groups in total. The van der Waals surface area contributed by atoms with Crippen LogP contribution in [0.15, 0.2) is 15.0 Å². The van der Waals surface area contributed by atoms with Crippen molar-refractivity contribution in [3.63, 3.8) is 0 Å². The van der Waals surface area contributed by atoms with Crippen LogP contribution in [0.4, 0.5) is 0 Å². The molecule has 0 aliphatic carbocycles. The van der Waals surface area contributed by atoms with Crippen molar-refractivity contribution in [2.45, 2.75) is 18.4 Å². The molecule has 16 nitrogen and oxygen atoms in total. The zero-order chi connectivity index (χ0) is 30.4.